The Bertz CT molecular complexity index is 1370. The van der Waals surface area contributed by atoms with Gasteiger partial charge in [-0.1, -0.05) is 20.4 Å². The number of anilines is 6. The van der Waals surface area contributed by atoms with E-state index in [-0.39, 0.29) is 11.3 Å². The Morgan fingerprint density at radius 1 is 1.15 bits per heavy atom. The highest BCUT2D eigenvalue weighted by atomic mass is 16.5. The SMILES string of the molecule is C=CC(=O)Nc1cc(Nc2ncnc(N3CC(C)(C)c4nc(C)ccc43)n2)c(OC)nc1N(C)CCN(C)C. The maximum Gasteiger partial charge on any atom is 0.247 e. The molecule has 2 N–H and O–H groups in total. The molecule has 0 aliphatic carbocycles. The van der Waals surface area contributed by atoms with Crippen molar-refractivity contribution in [3.63, 3.8) is 0 Å². The number of fused-ring (bicyclic) bond motifs is 1. The van der Waals surface area contributed by atoms with E-state index in [2.05, 4.69) is 57.0 Å². The second-order valence-corrected chi connectivity index (χ2v) is 10.4. The Labute approximate surface area is 229 Å². The number of methoxy groups -OCH3 is 1. The predicted octanol–water partition coefficient (Wildman–Crippen LogP) is 3.27. The molecule has 0 fully saturated rings. The maximum absolute atomic E-state index is 12.2. The number of pyridine rings is 2. The summed E-state index contributed by atoms with van der Waals surface area (Å²) in [5, 5.41) is 6.04. The predicted molar refractivity (Wildman–Crippen MR) is 154 cm³/mol. The van der Waals surface area contributed by atoms with Crippen molar-refractivity contribution < 1.29 is 9.53 Å². The van der Waals surface area contributed by atoms with Crippen LogP contribution in [0.25, 0.3) is 0 Å². The van der Waals surface area contributed by atoms with Gasteiger partial charge in [-0.05, 0) is 45.3 Å². The van der Waals surface area contributed by atoms with Crippen molar-refractivity contribution in [2.45, 2.75) is 26.2 Å². The highest BCUT2D eigenvalue weighted by Crippen LogP contribution is 2.42. The zero-order valence-electron chi connectivity index (χ0n) is 23.6. The van der Waals surface area contributed by atoms with Crippen LogP contribution in [0.5, 0.6) is 5.88 Å². The molecule has 4 heterocycles. The Kier molecular flexibility index (Phi) is 7.95. The van der Waals surface area contributed by atoms with Crippen LogP contribution in [0.2, 0.25) is 0 Å². The van der Waals surface area contributed by atoms with Crippen LogP contribution in [0.3, 0.4) is 0 Å². The van der Waals surface area contributed by atoms with Crippen LogP contribution in [0, 0.1) is 6.92 Å². The lowest BCUT2D eigenvalue weighted by molar-refractivity contribution is -0.111. The van der Waals surface area contributed by atoms with Gasteiger partial charge in [0.15, 0.2) is 5.82 Å². The second kappa shape index (κ2) is 11.2. The summed E-state index contributed by atoms with van der Waals surface area (Å²) in [7, 11) is 7.44. The molecule has 12 heteroatoms. The summed E-state index contributed by atoms with van der Waals surface area (Å²) in [6.07, 6.45) is 2.67. The summed E-state index contributed by atoms with van der Waals surface area (Å²) in [5.41, 5.74) is 3.77. The fourth-order valence-corrected chi connectivity index (χ4v) is 4.35. The molecule has 0 spiro atoms. The van der Waals surface area contributed by atoms with E-state index < -0.39 is 0 Å². The van der Waals surface area contributed by atoms with Crippen LogP contribution in [0.4, 0.5) is 34.8 Å². The highest BCUT2D eigenvalue weighted by Gasteiger charge is 2.38. The van der Waals surface area contributed by atoms with Crippen molar-refractivity contribution >= 4 is 40.7 Å². The number of nitrogens with one attached hydrogen (secondary N) is 2. The molecule has 0 radical (unpaired) electrons. The van der Waals surface area contributed by atoms with Gasteiger partial charge in [-0.2, -0.15) is 9.97 Å². The largest absolute Gasteiger partial charge is 0.479 e. The molecule has 1 aliphatic heterocycles. The van der Waals surface area contributed by atoms with Crippen molar-refractivity contribution in [3.8, 4) is 5.88 Å². The Morgan fingerprint density at radius 2 is 1.92 bits per heavy atom. The lowest BCUT2D eigenvalue weighted by atomic mass is 9.91. The molecule has 0 unspecified atom stereocenters. The molecule has 12 nitrogen and oxygen atoms in total. The van der Waals surface area contributed by atoms with E-state index in [1.54, 1.807) is 6.07 Å². The summed E-state index contributed by atoms with van der Waals surface area (Å²) in [5.74, 6) is 1.34. The molecule has 1 aliphatic rings. The monoisotopic (exact) mass is 532 g/mol. The molecule has 0 saturated heterocycles. The van der Waals surface area contributed by atoms with Gasteiger partial charge in [-0.25, -0.2) is 9.97 Å². The minimum atomic E-state index is -0.350. The first-order valence-electron chi connectivity index (χ1n) is 12.6. The van der Waals surface area contributed by atoms with Gasteiger partial charge >= 0.3 is 0 Å². The molecule has 0 atom stereocenters. The zero-order valence-corrected chi connectivity index (χ0v) is 23.6. The van der Waals surface area contributed by atoms with Crippen molar-refractivity contribution in [2.75, 3.05) is 68.3 Å². The van der Waals surface area contributed by atoms with Crippen LogP contribution in [-0.2, 0) is 10.2 Å². The molecule has 0 bridgehead atoms. The van der Waals surface area contributed by atoms with E-state index >= 15 is 0 Å². The Morgan fingerprint density at radius 3 is 2.62 bits per heavy atom. The summed E-state index contributed by atoms with van der Waals surface area (Å²) < 4.78 is 5.60. The molecule has 0 saturated carbocycles. The molecule has 39 heavy (non-hydrogen) atoms. The summed E-state index contributed by atoms with van der Waals surface area (Å²) in [4.78, 5) is 41.2. The lowest BCUT2D eigenvalue weighted by Crippen LogP contribution is -2.30. The average Bonchev–Trinajstić information content (AvgIpc) is 3.17. The molecular formula is C27H36N10O2. The fraction of sp³-hybridized carbons (Fsp3) is 0.407. The topological polar surface area (TPSA) is 125 Å². The number of carbonyl (C=O) groups excluding carboxylic acids is 1. The van der Waals surface area contributed by atoms with Gasteiger partial charge in [0.1, 0.15) is 12.0 Å². The van der Waals surface area contributed by atoms with Gasteiger partial charge in [-0.15, -0.1) is 0 Å². The molecule has 3 aromatic heterocycles. The number of ether oxygens (including phenoxy) is 1. The lowest BCUT2D eigenvalue weighted by Gasteiger charge is -2.24. The number of aryl methyl sites for hydroxylation is 1. The number of nitrogens with zero attached hydrogens (tertiary/aromatic N) is 8. The van der Waals surface area contributed by atoms with Gasteiger partial charge in [0, 0.05) is 37.8 Å². The number of aromatic nitrogens is 5. The van der Waals surface area contributed by atoms with E-state index in [1.165, 1.54) is 19.5 Å². The number of amides is 1. The van der Waals surface area contributed by atoms with Crippen LogP contribution >= 0.6 is 0 Å². The van der Waals surface area contributed by atoms with Gasteiger partial charge in [-0.3, -0.25) is 9.78 Å². The molecule has 206 valence electrons. The molecule has 4 rings (SSSR count). The second-order valence-electron chi connectivity index (χ2n) is 10.4. The van der Waals surface area contributed by atoms with Crippen LogP contribution in [-0.4, -0.2) is 83.6 Å². The van der Waals surface area contributed by atoms with Gasteiger partial charge < -0.3 is 30.1 Å². The first kappa shape index (κ1) is 27.7. The highest BCUT2D eigenvalue weighted by molar-refractivity contribution is 6.01. The summed E-state index contributed by atoms with van der Waals surface area (Å²) >= 11 is 0. The third-order valence-electron chi connectivity index (χ3n) is 6.39. The third kappa shape index (κ3) is 6.06. The number of carbonyl (C=O) groups is 1. The van der Waals surface area contributed by atoms with Crippen LogP contribution < -0.4 is 25.2 Å². The van der Waals surface area contributed by atoms with Crippen molar-refractivity contribution in [2.24, 2.45) is 0 Å². The normalized spacial score (nSPS) is 13.7. The first-order chi connectivity index (χ1) is 18.5. The van der Waals surface area contributed by atoms with Crippen molar-refractivity contribution in [1.29, 1.82) is 0 Å². The third-order valence-corrected chi connectivity index (χ3v) is 6.39. The summed E-state index contributed by atoms with van der Waals surface area (Å²) in [6.45, 7) is 12.0. The smallest absolute Gasteiger partial charge is 0.247 e. The average molecular weight is 533 g/mol. The van der Waals surface area contributed by atoms with Crippen molar-refractivity contribution in [3.05, 3.63) is 48.6 Å². The summed E-state index contributed by atoms with van der Waals surface area (Å²) in [6, 6.07) is 5.79. The minimum Gasteiger partial charge on any atom is -0.479 e. The standard InChI is InChI=1S/C27H36N10O2/c1-9-21(38)31-18-14-19(24(39-8)33-23(18)36(7)13-12-35(5)6)32-25-28-16-29-26(34-25)37-15-27(3,4)22-20(37)11-10-17(2)30-22/h9-11,14,16H,1,12-13,15H2,2-8H3,(H,31,38)(H,28,29,32,34). The number of hydrogen-bond donors (Lipinski definition) is 2. The van der Waals surface area contributed by atoms with E-state index in [4.69, 9.17) is 14.7 Å². The van der Waals surface area contributed by atoms with E-state index in [0.717, 1.165) is 23.6 Å². The van der Waals surface area contributed by atoms with E-state index in [0.29, 0.717) is 48.1 Å². The fourth-order valence-electron chi connectivity index (χ4n) is 4.35. The number of hydrogen-bond acceptors (Lipinski definition) is 11. The first-order valence-corrected chi connectivity index (χ1v) is 12.6. The number of likely N-dealkylation sites (N-methyl/N-ethyl adjacent to an activating group) is 2. The van der Waals surface area contributed by atoms with Gasteiger partial charge in [0.05, 0.1) is 24.2 Å². The zero-order chi connectivity index (χ0) is 28.3. The number of rotatable bonds is 10. The van der Waals surface area contributed by atoms with Crippen LogP contribution in [0.15, 0.2) is 37.2 Å². The molecule has 0 aromatic carbocycles. The van der Waals surface area contributed by atoms with Crippen LogP contribution in [0.1, 0.15) is 25.2 Å². The Balaban J connectivity index is 1.68. The van der Waals surface area contributed by atoms with E-state index in [1.807, 2.05) is 43.9 Å². The van der Waals surface area contributed by atoms with Crippen molar-refractivity contribution in [1.82, 2.24) is 29.8 Å². The molecule has 3 aromatic rings. The maximum atomic E-state index is 12.2. The van der Waals surface area contributed by atoms with E-state index in [9.17, 15) is 4.79 Å². The molecular weight excluding hydrogens is 496 g/mol. The molecule has 1 amide bonds. The van der Waals surface area contributed by atoms with Gasteiger partial charge in [0.2, 0.25) is 23.7 Å². The minimum absolute atomic E-state index is 0.165. The Hall–Kier alpha value is -4.32. The quantitative estimate of drug-likeness (QED) is 0.374. The van der Waals surface area contributed by atoms with Gasteiger partial charge in [0.25, 0.3) is 0 Å².